The van der Waals surface area contributed by atoms with Crippen molar-refractivity contribution in [3.8, 4) is 11.3 Å². The van der Waals surface area contributed by atoms with E-state index in [1.54, 1.807) is 12.1 Å². The highest BCUT2D eigenvalue weighted by Crippen LogP contribution is 2.55. The van der Waals surface area contributed by atoms with E-state index in [1.807, 2.05) is 6.07 Å². The molecule has 1 saturated heterocycles. The van der Waals surface area contributed by atoms with Crippen LogP contribution in [0.15, 0.2) is 45.8 Å². The molecule has 3 aromatic rings. The maximum Gasteiger partial charge on any atom is 0.269 e. The molecule has 3 fully saturated rings. The number of sulfonamides is 1. The number of aromatic nitrogens is 1. The van der Waals surface area contributed by atoms with Gasteiger partial charge in [0.05, 0.1) is 26.5 Å². The van der Waals surface area contributed by atoms with E-state index >= 15 is 0 Å². The number of nitrogens with zero attached hydrogens (tertiary/aromatic N) is 3. The van der Waals surface area contributed by atoms with E-state index in [0.29, 0.717) is 40.5 Å². The number of nitro benzene ring substituents is 1. The Bertz CT molecular complexity index is 1550. The second-order valence-electron chi connectivity index (χ2n) is 11.3. The summed E-state index contributed by atoms with van der Waals surface area (Å²) in [5, 5.41) is 26.3. The predicted octanol–water partition coefficient (Wildman–Crippen LogP) is 6.35. The maximum absolute atomic E-state index is 13.4. The SMILES string of the molecule is O=[N+]([O-])c1ccc(S(=O)(=O)N2CCC3(CC2)CC(Cc2c(-c4c(Cl)cccc4Cl)noc2C2CC2)C3)c(CO)c1. The lowest BCUT2D eigenvalue weighted by Gasteiger charge is -2.52. The Morgan fingerprint density at radius 2 is 1.80 bits per heavy atom. The smallest absolute Gasteiger partial charge is 0.269 e. The Morgan fingerprint density at radius 3 is 2.40 bits per heavy atom. The summed E-state index contributed by atoms with van der Waals surface area (Å²) in [6, 6.07) is 8.93. The Hall–Kier alpha value is -2.50. The van der Waals surface area contributed by atoms with Crippen molar-refractivity contribution in [2.45, 2.75) is 62.4 Å². The highest BCUT2D eigenvalue weighted by Gasteiger charge is 2.48. The minimum absolute atomic E-state index is 0.0350. The standard InChI is InChI=1S/C28H29Cl2N3O6S/c29-22-2-1-3-23(30)25(22)26-21(27(39-31-26)18-4-5-18)12-17-14-28(15-17)8-10-32(11-9-28)40(37,38)24-7-6-20(33(35)36)13-19(24)16-34/h1-3,6-7,13,17-18,34H,4-5,8-12,14-16H2. The van der Waals surface area contributed by atoms with Gasteiger partial charge in [-0.1, -0.05) is 34.4 Å². The number of non-ortho nitro benzene ring substituents is 1. The highest BCUT2D eigenvalue weighted by atomic mass is 35.5. The van der Waals surface area contributed by atoms with Gasteiger partial charge in [-0.15, -0.1) is 0 Å². The van der Waals surface area contributed by atoms with Crippen LogP contribution in [0.4, 0.5) is 5.69 Å². The number of aliphatic hydroxyl groups excluding tert-OH is 1. The van der Waals surface area contributed by atoms with E-state index in [0.717, 1.165) is 68.0 Å². The molecular weight excluding hydrogens is 577 g/mol. The molecule has 0 atom stereocenters. The molecule has 6 rings (SSSR count). The van der Waals surface area contributed by atoms with Gasteiger partial charge in [0.2, 0.25) is 10.0 Å². The van der Waals surface area contributed by atoms with E-state index < -0.39 is 21.6 Å². The van der Waals surface area contributed by atoms with Crippen LogP contribution in [-0.2, 0) is 23.1 Å². The van der Waals surface area contributed by atoms with E-state index in [2.05, 4.69) is 5.16 Å². The Balaban J connectivity index is 1.14. The molecule has 0 amide bonds. The molecule has 0 radical (unpaired) electrons. The summed E-state index contributed by atoms with van der Waals surface area (Å²) in [6.45, 7) is 0.152. The van der Waals surface area contributed by atoms with Crippen molar-refractivity contribution in [3.63, 3.8) is 0 Å². The number of nitro groups is 1. The molecule has 1 aliphatic heterocycles. The number of rotatable bonds is 8. The number of hydrogen-bond acceptors (Lipinski definition) is 7. The van der Waals surface area contributed by atoms with Crippen molar-refractivity contribution < 1.29 is 23.0 Å². The van der Waals surface area contributed by atoms with Crippen molar-refractivity contribution in [2.75, 3.05) is 13.1 Å². The lowest BCUT2D eigenvalue weighted by molar-refractivity contribution is -0.385. The first kappa shape index (κ1) is 27.7. The van der Waals surface area contributed by atoms with Gasteiger partial charge in [0.25, 0.3) is 5.69 Å². The number of aliphatic hydroxyl groups is 1. The summed E-state index contributed by atoms with van der Waals surface area (Å²) in [7, 11) is -3.88. The topological polar surface area (TPSA) is 127 Å². The van der Waals surface area contributed by atoms with Gasteiger partial charge in [-0.3, -0.25) is 10.1 Å². The lowest BCUT2D eigenvalue weighted by Crippen LogP contribution is -2.49. The first-order chi connectivity index (χ1) is 19.1. The zero-order valence-electron chi connectivity index (χ0n) is 21.7. The molecular formula is C28H29Cl2N3O6S. The van der Waals surface area contributed by atoms with Gasteiger partial charge in [-0.25, -0.2) is 8.42 Å². The summed E-state index contributed by atoms with van der Waals surface area (Å²) >= 11 is 13.0. The van der Waals surface area contributed by atoms with Crippen LogP contribution >= 0.6 is 23.2 Å². The van der Waals surface area contributed by atoms with E-state index in [-0.39, 0.29) is 21.6 Å². The Labute approximate surface area is 242 Å². The fraction of sp³-hybridized carbons (Fsp3) is 0.464. The molecule has 9 nitrogen and oxygen atoms in total. The fourth-order valence-corrected chi connectivity index (χ4v) is 8.72. The van der Waals surface area contributed by atoms with Crippen LogP contribution in [0.1, 0.15) is 61.3 Å². The normalized spacial score (nSPS) is 19.6. The van der Waals surface area contributed by atoms with Gasteiger partial charge >= 0.3 is 0 Å². The van der Waals surface area contributed by atoms with Crippen molar-refractivity contribution in [1.82, 2.24) is 9.46 Å². The van der Waals surface area contributed by atoms with Crippen LogP contribution in [0, 0.1) is 21.4 Å². The van der Waals surface area contributed by atoms with Crippen molar-refractivity contribution >= 4 is 38.9 Å². The molecule has 1 spiro atoms. The maximum atomic E-state index is 13.4. The van der Waals surface area contributed by atoms with E-state index in [1.165, 1.54) is 16.4 Å². The molecule has 212 valence electrons. The first-order valence-electron chi connectivity index (χ1n) is 13.4. The van der Waals surface area contributed by atoms with Gasteiger partial charge in [0.1, 0.15) is 11.5 Å². The highest BCUT2D eigenvalue weighted by molar-refractivity contribution is 7.89. The summed E-state index contributed by atoms with van der Waals surface area (Å²) in [5.74, 6) is 1.76. The van der Waals surface area contributed by atoms with E-state index in [4.69, 9.17) is 27.7 Å². The fourth-order valence-electron chi connectivity index (χ4n) is 6.51. The average Bonchev–Trinajstić information content (AvgIpc) is 3.68. The molecule has 1 N–H and O–H groups in total. The summed E-state index contributed by atoms with van der Waals surface area (Å²) < 4.78 is 34.0. The van der Waals surface area contributed by atoms with Crippen molar-refractivity contribution in [3.05, 3.63) is 73.4 Å². The molecule has 0 unspecified atom stereocenters. The molecule has 40 heavy (non-hydrogen) atoms. The molecule has 2 saturated carbocycles. The van der Waals surface area contributed by atoms with Gasteiger partial charge in [0, 0.05) is 47.8 Å². The molecule has 12 heteroatoms. The third kappa shape index (κ3) is 4.94. The second kappa shape index (κ2) is 10.4. The monoisotopic (exact) mass is 605 g/mol. The molecule has 3 aliphatic rings. The predicted molar refractivity (Wildman–Crippen MR) is 150 cm³/mol. The molecule has 2 heterocycles. The van der Waals surface area contributed by atoms with Crippen LogP contribution in [0.2, 0.25) is 10.0 Å². The number of halogens is 2. The minimum Gasteiger partial charge on any atom is -0.392 e. The van der Waals surface area contributed by atoms with Gasteiger partial charge in [-0.2, -0.15) is 4.31 Å². The van der Waals surface area contributed by atoms with Gasteiger partial charge < -0.3 is 9.63 Å². The summed E-state index contributed by atoms with van der Waals surface area (Å²) in [5.41, 5.74) is 2.39. The second-order valence-corrected chi connectivity index (χ2v) is 14.1. The third-order valence-corrected chi connectivity index (χ3v) is 11.4. The summed E-state index contributed by atoms with van der Waals surface area (Å²) in [6.07, 6.45) is 6.46. The number of benzene rings is 2. The van der Waals surface area contributed by atoms with Gasteiger partial charge in [-0.05, 0) is 74.5 Å². The average molecular weight is 607 g/mol. The molecule has 2 aliphatic carbocycles. The molecule has 0 bridgehead atoms. The zero-order valence-corrected chi connectivity index (χ0v) is 24.0. The largest absolute Gasteiger partial charge is 0.392 e. The van der Waals surface area contributed by atoms with Crippen LogP contribution < -0.4 is 0 Å². The molecule has 1 aromatic heterocycles. The minimum atomic E-state index is -3.88. The Morgan fingerprint density at radius 1 is 1.12 bits per heavy atom. The number of hydrogen-bond donors (Lipinski definition) is 1. The van der Waals surface area contributed by atoms with Crippen molar-refractivity contribution in [1.29, 1.82) is 0 Å². The van der Waals surface area contributed by atoms with Crippen LogP contribution in [0.25, 0.3) is 11.3 Å². The van der Waals surface area contributed by atoms with E-state index in [9.17, 15) is 23.6 Å². The van der Waals surface area contributed by atoms with Gasteiger partial charge in [0.15, 0.2) is 0 Å². The third-order valence-electron chi connectivity index (χ3n) is 8.73. The lowest BCUT2D eigenvalue weighted by atomic mass is 9.56. The van der Waals surface area contributed by atoms with Crippen LogP contribution in [0.3, 0.4) is 0 Å². The summed E-state index contributed by atoms with van der Waals surface area (Å²) in [4.78, 5) is 10.4. The Kier molecular flexibility index (Phi) is 7.19. The first-order valence-corrected chi connectivity index (χ1v) is 15.6. The number of piperidine rings is 1. The zero-order chi connectivity index (χ0) is 28.2. The van der Waals surface area contributed by atoms with Crippen LogP contribution in [0.5, 0.6) is 0 Å². The molecule has 2 aromatic carbocycles. The van der Waals surface area contributed by atoms with Crippen molar-refractivity contribution in [2.24, 2.45) is 11.3 Å². The van der Waals surface area contributed by atoms with Crippen LogP contribution in [-0.4, -0.2) is 41.0 Å². The quantitative estimate of drug-likeness (QED) is 0.234.